The van der Waals surface area contributed by atoms with Crippen LogP contribution in [0.15, 0.2) is 23.8 Å². The highest BCUT2D eigenvalue weighted by molar-refractivity contribution is 7.96. The molecule has 6 heteroatoms. The van der Waals surface area contributed by atoms with Gasteiger partial charge >= 0.3 is 0 Å². The molecule has 0 aromatic carbocycles. The highest BCUT2D eigenvalue weighted by Crippen LogP contribution is 2.73. The molecule has 3 saturated carbocycles. The lowest BCUT2D eigenvalue weighted by atomic mass is 9.43. The maximum absolute atomic E-state index is 16.9. The maximum Gasteiger partial charge on any atom is 0.192 e. The number of thiol groups is 1. The van der Waals surface area contributed by atoms with Crippen molar-refractivity contribution in [2.24, 2.45) is 34.0 Å². The van der Waals surface area contributed by atoms with Gasteiger partial charge in [0.2, 0.25) is 0 Å². The number of hydrogen-bond acceptors (Lipinski definition) is 3. The molecular weight excluding hydrogens is 382 g/mol. The summed E-state index contributed by atoms with van der Waals surface area (Å²) in [5.41, 5.74) is -4.83. The predicted octanol–water partition coefficient (Wildman–Crippen LogP) is 4.01. The van der Waals surface area contributed by atoms with Crippen LogP contribution in [-0.4, -0.2) is 33.9 Å². The van der Waals surface area contributed by atoms with Crippen molar-refractivity contribution in [2.45, 2.75) is 64.9 Å². The van der Waals surface area contributed by atoms with Gasteiger partial charge in [0.15, 0.2) is 16.6 Å². The van der Waals surface area contributed by atoms with E-state index in [1.54, 1.807) is 6.92 Å². The van der Waals surface area contributed by atoms with E-state index in [-0.39, 0.29) is 41.1 Å². The topological polar surface area (TPSA) is 54.4 Å². The number of rotatable bonds is 1. The summed E-state index contributed by atoms with van der Waals surface area (Å²) in [6.45, 7) is 7.34. The third kappa shape index (κ3) is 2.04. The van der Waals surface area contributed by atoms with E-state index in [0.717, 1.165) is 0 Å². The van der Waals surface area contributed by atoms with Crippen molar-refractivity contribution in [3.05, 3.63) is 23.8 Å². The molecule has 0 spiro atoms. The molecule has 3 fully saturated rings. The van der Waals surface area contributed by atoms with Crippen LogP contribution in [0.2, 0.25) is 0 Å². The number of allylic oxidation sites excluding steroid dienone is 4. The fourth-order valence-corrected chi connectivity index (χ4v) is 7.70. The minimum atomic E-state index is -2.09. The Balaban J connectivity index is 1.88. The third-order valence-corrected chi connectivity index (χ3v) is 9.71. The van der Waals surface area contributed by atoms with Gasteiger partial charge in [0.25, 0.3) is 0 Å². The third-order valence-electron chi connectivity index (χ3n) is 9.24. The number of ketones is 1. The van der Waals surface area contributed by atoms with Crippen LogP contribution in [0, 0.1) is 34.0 Å². The van der Waals surface area contributed by atoms with Gasteiger partial charge in [-0.1, -0.05) is 26.8 Å². The molecule has 154 valence electrons. The normalized spacial score (nSPS) is 55.2. The van der Waals surface area contributed by atoms with Crippen LogP contribution >= 0.6 is 12.6 Å². The van der Waals surface area contributed by atoms with E-state index in [1.807, 2.05) is 20.8 Å². The van der Waals surface area contributed by atoms with Gasteiger partial charge in [-0.2, -0.15) is 0 Å². The fraction of sp³-hybridized carbons (Fsp3) is 0.727. The zero-order chi connectivity index (χ0) is 20.9. The van der Waals surface area contributed by atoms with Crippen LogP contribution in [0.25, 0.3) is 0 Å². The summed E-state index contributed by atoms with van der Waals surface area (Å²) in [6, 6.07) is 0. The molecule has 9 atom stereocenters. The molecule has 4 aliphatic rings. The second-order valence-corrected chi connectivity index (χ2v) is 10.4. The average molecular weight is 411 g/mol. The molecule has 0 amide bonds. The quantitative estimate of drug-likeness (QED) is 0.642. The SMILES string of the molecule is C[C@@H]1CC2C3C[C@H](F)C4=CC(=O)C=C[C@]4(C)[C@@]3(F)[C@@H](O)C[C@]2(C)[C@@]1(C)C(=O)S. The first kappa shape index (κ1) is 20.3. The zero-order valence-corrected chi connectivity index (χ0v) is 17.6. The van der Waals surface area contributed by atoms with Crippen molar-refractivity contribution in [1.82, 2.24) is 0 Å². The van der Waals surface area contributed by atoms with Crippen LogP contribution in [0.5, 0.6) is 0 Å². The van der Waals surface area contributed by atoms with E-state index in [0.29, 0.717) is 6.42 Å². The molecule has 3 nitrogen and oxygen atoms in total. The fourth-order valence-electron chi connectivity index (χ4n) is 7.22. The smallest absolute Gasteiger partial charge is 0.192 e. The molecule has 0 aromatic heterocycles. The lowest BCUT2D eigenvalue weighted by Crippen LogP contribution is -2.69. The maximum atomic E-state index is 16.9. The molecular formula is C22H28F2O3S. The van der Waals surface area contributed by atoms with Crippen molar-refractivity contribution in [1.29, 1.82) is 0 Å². The van der Waals surface area contributed by atoms with Gasteiger partial charge in [0.1, 0.15) is 6.17 Å². The average Bonchev–Trinajstić information content (AvgIpc) is 2.81. The minimum absolute atomic E-state index is 0.0478. The number of fused-ring (bicyclic) bond motifs is 5. The first-order valence-electron chi connectivity index (χ1n) is 10.0. The Kier molecular flexibility index (Phi) is 4.18. The molecule has 0 heterocycles. The van der Waals surface area contributed by atoms with Crippen molar-refractivity contribution in [3.63, 3.8) is 0 Å². The molecule has 0 aliphatic heterocycles. The Morgan fingerprint density at radius 1 is 1.25 bits per heavy atom. The van der Waals surface area contributed by atoms with Crippen molar-refractivity contribution < 1.29 is 23.5 Å². The standard InChI is InChI=1S/C22H28F2O3S/c1-11-7-13-14-9-16(23)15-8-12(25)5-6-19(15,2)22(14,24)17(26)10-20(13,3)21(11,4)18(27)28/h5-6,8,11,13-14,16-17,26H,7,9-10H2,1-4H3,(H,27,28)/t11-,13?,14?,16+,17+,19+,20+,21-,22+/m1/s1. The molecule has 4 aliphatic carbocycles. The highest BCUT2D eigenvalue weighted by Gasteiger charge is 2.75. The van der Waals surface area contributed by atoms with Gasteiger partial charge in [0, 0.05) is 16.7 Å². The lowest BCUT2D eigenvalue weighted by Gasteiger charge is -2.63. The van der Waals surface area contributed by atoms with Gasteiger partial charge in [-0.3, -0.25) is 9.59 Å². The molecule has 0 saturated heterocycles. The van der Waals surface area contributed by atoms with Crippen molar-refractivity contribution in [3.8, 4) is 0 Å². The summed E-state index contributed by atoms with van der Waals surface area (Å²) in [5, 5.41) is 10.9. The number of alkyl halides is 2. The van der Waals surface area contributed by atoms with E-state index < -0.39 is 40.1 Å². The van der Waals surface area contributed by atoms with E-state index in [2.05, 4.69) is 12.6 Å². The number of hydrogen-bond donors (Lipinski definition) is 2. The summed E-state index contributed by atoms with van der Waals surface area (Å²) in [7, 11) is 0. The van der Waals surface area contributed by atoms with Crippen LogP contribution in [-0.2, 0) is 9.59 Å². The van der Waals surface area contributed by atoms with E-state index in [1.165, 1.54) is 18.2 Å². The Morgan fingerprint density at radius 3 is 2.50 bits per heavy atom. The Labute approximate surface area is 170 Å². The number of aliphatic hydroxyl groups excluding tert-OH is 1. The lowest BCUT2D eigenvalue weighted by molar-refractivity contribution is -0.209. The van der Waals surface area contributed by atoms with Gasteiger partial charge in [0.05, 0.1) is 6.10 Å². The van der Waals surface area contributed by atoms with Crippen LogP contribution < -0.4 is 0 Å². The van der Waals surface area contributed by atoms with Gasteiger partial charge in [-0.05, 0) is 61.2 Å². The first-order chi connectivity index (χ1) is 12.8. The van der Waals surface area contributed by atoms with Crippen molar-refractivity contribution in [2.75, 3.05) is 0 Å². The van der Waals surface area contributed by atoms with Gasteiger partial charge in [-0.15, -0.1) is 12.6 Å². The van der Waals surface area contributed by atoms with Crippen LogP contribution in [0.1, 0.15) is 47.0 Å². The molecule has 4 rings (SSSR count). The number of carbonyl (C=O) groups is 2. The Hall–Kier alpha value is -1.01. The molecule has 0 bridgehead atoms. The second-order valence-electron chi connectivity index (χ2n) is 10.0. The van der Waals surface area contributed by atoms with E-state index >= 15 is 8.78 Å². The summed E-state index contributed by atoms with van der Waals surface area (Å²) >= 11 is 4.15. The van der Waals surface area contributed by atoms with Crippen molar-refractivity contribution >= 4 is 23.5 Å². The molecule has 0 radical (unpaired) electrons. The molecule has 0 aromatic rings. The summed E-state index contributed by atoms with van der Waals surface area (Å²) in [5.74, 6) is -1.39. The van der Waals surface area contributed by atoms with Gasteiger partial charge in [-0.25, -0.2) is 8.78 Å². The Morgan fingerprint density at radius 2 is 1.89 bits per heavy atom. The molecule has 1 N–H and O–H groups in total. The van der Waals surface area contributed by atoms with Gasteiger partial charge < -0.3 is 5.11 Å². The van der Waals surface area contributed by atoms with Crippen LogP contribution in [0.4, 0.5) is 8.78 Å². The second kappa shape index (κ2) is 5.78. The number of halogens is 2. The Bertz CT molecular complexity index is 825. The molecule has 28 heavy (non-hydrogen) atoms. The summed E-state index contributed by atoms with van der Waals surface area (Å²) < 4.78 is 32.1. The largest absolute Gasteiger partial charge is 0.390 e. The summed E-state index contributed by atoms with van der Waals surface area (Å²) in [4.78, 5) is 24.4. The van der Waals surface area contributed by atoms with Crippen LogP contribution in [0.3, 0.4) is 0 Å². The monoisotopic (exact) mass is 410 g/mol. The molecule has 2 unspecified atom stereocenters. The van der Waals surface area contributed by atoms with E-state index in [4.69, 9.17) is 0 Å². The highest BCUT2D eigenvalue weighted by atomic mass is 32.1. The first-order valence-corrected chi connectivity index (χ1v) is 10.5. The minimum Gasteiger partial charge on any atom is -0.390 e. The number of carbonyl (C=O) groups excluding carboxylic acids is 2. The van der Waals surface area contributed by atoms with E-state index in [9.17, 15) is 14.7 Å². The number of aliphatic hydroxyl groups is 1. The predicted molar refractivity (Wildman–Crippen MR) is 105 cm³/mol. The zero-order valence-electron chi connectivity index (χ0n) is 16.7. The summed E-state index contributed by atoms with van der Waals surface area (Å²) in [6.07, 6.45) is 1.72.